The molecule has 0 saturated carbocycles. The van der Waals surface area contributed by atoms with Gasteiger partial charge in [0.05, 0.1) is 18.8 Å². The minimum absolute atomic E-state index is 0.124. The SMILES string of the molecule is COc1cccc(Oc2ccc(F)cc2F)c1C(C)O. The lowest BCUT2D eigenvalue weighted by Crippen LogP contribution is -2.00. The molecule has 0 saturated heterocycles. The summed E-state index contributed by atoms with van der Waals surface area (Å²) in [7, 11) is 1.46. The fraction of sp³-hybridized carbons (Fsp3) is 0.200. The lowest BCUT2D eigenvalue weighted by molar-refractivity contribution is 0.190. The standard InChI is InChI=1S/C15H14F2O3/c1-9(18)15-13(19-2)4-3-5-14(15)20-12-7-6-10(16)8-11(12)17/h3-9,18H,1-2H3. The lowest BCUT2D eigenvalue weighted by atomic mass is 10.1. The third-order valence-corrected chi connectivity index (χ3v) is 2.78. The number of aliphatic hydroxyl groups is 1. The van der Waals surface area contributed by atoms with Crippen LogP contribution in [0.4, 0.5) is 8.78 Å². The van der Waals surface area contributed by atoms with Crippen LogP contribution in [0.15, 0.2) is 36.4 Å². The van der Waals surface area contributed by atoms with Gasteiger partial charge in [0, 0.05) is 6.07 Å². The maximum absolute atomic E-state index is 13.6. The molecule has 0 aliphatic heterocycles. The van der Waals surface area contributed by atoms with E-state index in [1.165, 1.54) is 13.2 Å². The highest BCUT2D eigenvalue weighted by Gasteiger charge is 2.17. The lowest BCUT2D eigenvalue weighted by Gasteiger charge is -2.16. The van der Waals surface area contributed by atoms with Crippen LogP contribution in [0, 0.1) is 11.6 Å². The van der Waals surface area contributed by atoms with Gasteiger partial charge >= 0.3 is 0 Å². The van der Waals surface area contributed by atoms with Gasteiger partial charge in [-0.15, -0.1) is 0 Å². The highest BCUT2D eigenvalue weighted by molar-refractivity contribution is 5.48. The third kappa shape index (κ3) is 2.88. The summed E-state index contributed by atoms with van der Waals surface area (Å²) in [4.78, 5) is 0. The first-order chi connectivity index (χ1) is 9.52. The van der Waals surface area contributed by atoms with E-state index in [-0.39, 0.29) is 11.5 Å². The molecule has 20 heavy (non-hydrogen) atoms. The van der Waals surface area contributed by atoms with Crippen molar-refractivity contribution < 1.29 is 23.4 Å². The topological polar surface area (TPSA) is 38.7 Å². The van der Waals surface area contributed by atoms with E-state index in [1.54, 1.807) is 25.1 Å². The number of benzene rings is 2. The molecule has 0 amide bonds. The zero-order valence-electron chi connectivity index (χ0n) is 11.1. The summed E-state index contributed by atoms with van der Waals surface area (Å²) >= 11 is 0. The Bertz CT molecular complexity index is 612. The Morgan fingerprint density at radius 3 is 2.35 bits per heavy atom. The Labute approximate surface area is 115 Å². The van der Waals surface area contributed by atoms with E-state index in [4.69, 9.17) is 9.47 Å². The molecule has 1 unspecified atom stereocenters. The zero-order valence-corrected chi connectivity index (χ0v) is 11.1. The van der Waals surface area contributed by atoms with Gasteiger partial charge in [-0.2, -0.15) is 0 Å². The van der Waals surface area contributed by atoms with Gasteiger partial charge in [-0.3, -0.25) is 0 Å². The zero-order chi connectivity index (χ0) is 14.7. The molecule has 2 aromatic rings. The van der Waals surface area contributed by atoms with Crippen molar-refractivity contribution in [1.82, 2.24) is 0 Å². The molecule has 0 fully saturated rings. The Morgan fingerprint density at radius 2 is 1.75 bits per heavy atom. The van der Waals surface area contributed by atoms with E-state index in [0.717, 1.165) is 12.1 Å². The van der Waals surface area contributed by atoms with Gasteiger partial charge in [-0.05, 0) is 31.2 Å². The second kappa shape index (κ2) is 5.88. The Hall–Kier alpha value is -2.14. The summed E-state index contributed by atoms with van der Waals surface area (Å²) in [6, 6.07) is 7.92. The average Bonchev–Trinajstić information content (AvgIpc) is 2.41. The van der Waals surface area contributed by atoms with Gasteiger partial charge in [-0.25, -0.2) is 8.78 Å². The Morgan fingerprint density at radius 1 is 1.05 bits per heavy atom. The molecule has 2 aromatic carbocycles. The fourth-order valence-electron chi connectivity index (χ4n) is 1.88. The van der Waals surface area contributed by atoms with Crippen LogP contribution >= 0.6 is 0 Å². The molecule has 3 nitrogen and oxygen atoms in total. The molecular weight excluding hydrogens is 266 g/mol. The highest BCUT2D eigenvalue weighted by Crippen LogP contribution is 2.37. The van der Waals surface area contributed by atoms with Crippen molar-refractivity contribution in [2.75, 3.05) is 7.11 Å². The average molecular weight is 280 g/mol. The van der Waals surface area contributed by atoms with Gasteiger partial charge in [0.25, 0.3) is 0 Å². The van der Waals surface area contributed by atoms with Crippen LogP contribution < -0.4 is 9.47 Å². The quantitative estimate of drug-likeness (QED) is 0.925. The molecule has 0 aromatic heterocycles. The van der Waals surface area contributed by atoms with Gasteiger partial charge in [0.1, 0.15) is 17.3 Å². The first-order valence-electron chi connectivity index (χ1n) is 6.00. The molecule has 106 valence electrons. The van der Waals surface area contributed by atoms with Crippen molar-refractivity contribution in [2.45, 2.75) is 13.0 Å². The molecule has 0 aliphatic carbocycles. The second-order valence-corrected chi connectivity index (χ2v) is 4.22. The second-order valence-electron chi connectivity index (χ2n) is 4.22. The maximum Gasteiger partial charge on any atom is 0.168 e. The largest absolute Gasteiger partial charge is 0.496 e. The van der Waals surface area contributed by atoms with Crippen LogP contribution in [0.3, 0.4) is 0 Å². The maximum atomic E-state index is 13.6. The van der Waals surface area contributed by atoms with Crippen LogP contribution in [0.1, 0.15) is 18.6 Å². The van der Waals surface area contributed by atoms with Crippen LogP contribution in [0.5, 0.6) is 17.2 Å². The van der Waals surface area contributed by atoms with Crippen LogP contribution in [0.25, 0.3) is 0 Å². The normalized spacial score (nSPS) is 12.1. The molecule has 1 atom stereocenters. The minimum atomic E-state index is -0.857. The Kier molecular flexibility index (Phi) is 4.20. The van der Waals surface area contributed by atoms with Crippen molar-refractivity contribution in [2.24, 2.45) is 0 Å². The predicted molar refractivity (Wildman–Crippen MR) is 70.1 cm³/mol. The molecule has 2 rings (SSSR count). The van der Waals surface area contributed by atoms with Gasteiger partial charge < -0.3 is 14.6 Å². The highest BCUT2D eigenvalue weighted by atomic mass is 19.1. The van der Waals surface area contributed by atoms with E-state index < -0.39 is 17.7 Å². The summed E-state index contributed by atoms with van der Waals surface area (Å²) in [5.41, 5.74) is 0.402. The third-order valence-electron chi connectivity index (χ3n) is 2.78. The van der Waals surface area contributed by atoms with E-state index in [0.29, 0.717) is 11.3 Å². The monoisotopic (exact) mass is 280 g/mol. The van der Waals surface area contributed by atoms with Crippen molar-refractivity contribution in [3.63, 3.8) is 0 Å². The first-order valence-corrected chi connectivity index (χ1v) is 6.00. The van der Waals surface area contributed by atoms with E-state index in [9.17, 15) is 13.9 Å². The van der Waals surface area contributed by atoms with E-state index in [2.05, 4.69) is 0 Å². The summed E-state index contributed by atoms with van der Waals surface area (Å²) in [6.07, 6.45) is -0.857. The minimum Gasteiger partial charge on any atom is -0.496 e. The smallest absolute Gasteiger partial charge is 0.168 e. The number of hydrogen-bond donors (Lipinski definition) is 1. The number of methoxy groups -OCH3 is 1. The van der Waals surface area contributed by atoms with Crippen molar-refractivity contribution in [3.8, 4) is 17.2 Å². The summed E-state index contributed by atoms with van der Waals surface area (Å²) < 4.78 is 37.0. The van der Waals surface area contributed by atoms with E-state index in [1.807, 2.05) is 0 Å². The summed E-state index contributed by atoms with van der Waals surface area (Å²) in [6.45, 7) is 1.55. The van der Waals surface area contributed by atoms with Crippen LogP contribution in [-0.4, -0.2) is 12.2 Å². The number of aliphatic hydroxyl groups excluding tert-OH is 1. The van der Waals surface area contributed by atoms with Gasteiger partial charge in [-0.1, -0.05) is 6.07 Å². The van der Waals surface area contributed by atoms with Gasteiger partial charge in [0.15, 0.2) is 11.6 Å². The number of hydrogen-bond acceptors (Lipinski definition) is 3. The van der Waals surface area contributed by atoms with E-state index >= 15 is 0 Å². The molecule has 0 aliphatic rings. The molecule has 0 spiro atoms. The predicted octanol–water partition coefficient (Wildman–Crippen LogP) is 3.82. The molecule has 5 heteroatoms. The van der Waals surface area contributed by atoms with Crippen LogP contribution in [-0.2, 0) is 0 Å². The number of ether oxygens (including phenoxy) is 2. The molecule has 0 heterocycles. The Balaban J connectivity index is 2.43. The van der Waals surface area contributed by atoms with Crippen molar-refractivity contribution in [1.29, 1.82) is 0 Å². The van der Waals surface area contributed by atoms with Gasteiger partial charge in [0.2, 0.25) is 0 Å². The number of halogens is 2. The summed E-state index contributed by atoms with van der Waals surface area (Å²) in [5, 5.41) is 9.79. The fourth-order valence-corrected chi connectivity index (χ4v) is 1.88. The first kappa shape index (κ1) is 14.3. The summed E-state index contributed by atoms with van der Waals surface area (Å²) in [5.74, 6) is -0.938. The van der Waals surface area contributed by atoms with Crippen LogP contribution in [0.2, 0.25) is 0 Å². The molecule has 0 bridgehead atoms. The number of rotatable bonds is 4. The van der Waals surface area contributed by atoms with Crippen molar-refractivity contribution >= 4 is 0 Å². The molecular formula is C15H14F2O3. The molecule has 1 N–H and O–H groups in total. The van der Waals surface area contributed by atoms with Crippen molar-refractivity contribution in [3.05, 3.63) is 53.6 Å². The molecule has 0 radical (unpaired) electrons.